The Morgan fingerprint density at radius 3 is 2.73 bits per heavy atom. The fraction of sp³-hybridized carbons (Fsp3) is 0.167. The van der Waals surface area contributed by atoms with Gasteiger partial charge in [0.1, 0.15) is 6.61 Å². The maximum absolute atomic E-state index is 9.14. The molecule has 0 bridgehead atoms. The Morgan fingerprint density at radius 1 is 1.20 bits per heavy atom. The molecule has 1 heterocycles. The largest absolute Gasteiger partial charge is 0.385 e. The highest BCUT2D eigenvalue weighted by molar-refractivity contribution is 5.13. The second kappa shape index (κ2) is 4.66. The van der Waals surface area contributed by atoms with Gasteiger partial charge in [0.15, 0.2) is 12.7 Å². The van der Waals surface area contributed by atoms with Crippen LogP contribution in [0.1, 0.15) is 11.3 Å². The molecule has 3 heteroatoms. The fourth-order valence-corrected chi connectivity index (χ4v) is 1.48. The van der Waals surface area contributed by atoms with Crippen LogP contribution in [0.4, 0.5) is 0 Å². The zero-order valence-corrected chi connectivity index (χ0v) is 8.37. The molecule has 0 aliphatic rings. The lowest BCUT2D eigenvalue weighted by Crippen LogP contribution is -2.38. The first-order chi connectivity index (χ1) is 7.40. The zero-order chi connectivity index (χ0) is 10.5. The van der Waals surface area contributed by atoms with Crippen molar-refractivity contribution in [2.24, 2.45) is 0 Å². The molecule has 1 N–H and O–H groups in total. The second-order valence-electron chi connectivity index (χ2n) is 3.34. The highest BCUT2D eigenvalue weighted by Gasteiger charge is 2.08. The van der Waals surface area contributed by atoms with Crippen LogP contribution in [0.15, 0.2) is 48.9 Å². The Labute approximate surface area is 88.7 Å². The Kier molecular flexibility index (Phi) is 3.05. The van der Waals surface area contributed by atoms with Crippen LogP contribution in [0.25, 0.3) is 0 Å². The molecular formula is C12H13N2O+. The number of hydrogen-bond donors (Lipinski definition) is 1. The molecule has 0 unspecified atom stereocenters. The quantitative estimate of drug-likeness (QED) is 0.749. The minimum Gasteiger partial charge on any atom is -0.385 e. The van der Waals surface area contributed by atoms with E-state index in [1.807, 2.05) is 29.0 Å². The first-order valence-electron chi connectivity index (χ1n) is 4.87. The third kappa shape index (κ3) is 2.39. The molecule has 0 fully saturated rings. The van der Waals surface area contributed by atoms with Crippen molar-refractivity contribution < 1.29 is 9.67 Å². The summed E-state index contributed by atoms with van der Waals surface area (Å²) < 4.78 is 1.99. The standard InChI is InChI=1S/C12H13N2O/c15-10-12-8-13-6-7-14(12)9-11-4-2-1-3-5-11/h1-8,15H,9-10H2/q+1. The molecule has 0 spiro atoms. The van der Waals surface area contributed by atoms with Crippen molar-refractivity contribution in [2.45, 2.75) is 13.2 Å². The third-order valence-electron chi connectivity index (χ3n) is 2.28. The van der Waals surface area contributed by atoms with Crippen LogP contribution < -0.4 is 4.57 Å². The minimum absolute atomic E-state index is 0.0146. The highest BCUT2D eigenvalue weighted by Crippen LogP contribution is 1.98. The molecule has 0 amide bonds. The summed E-state index contributed by atoms with van der Waals surface area (Å²) in [4.78, 5) is 3.98. The number of nitrogens with zero attached hydrogens (tertiary/aromatic N) is 2. The van der Waals surface area contributed by atoms with Gasteiger partial charge in [0, 0.05) is 5.56 Å². The normalized spacial score (nSPS) is 10.2. The molecular weight excluding hydrogens is 188 g/mol. The molecule has 2 rings (SSSR count). The molecule has 0 saturated heterocycles. The summed E-state index contributed by atoms with van der Waals surface area (Å²) in [7, 11) is 0. The molecule has 0 aliphatic heterocycles. The van der Waals surface area contributed by atoms with E-state index in [0.29, 0.717) is 0 Å². The molecule has 0 radical (unpaired) electrons. The number of rotatable bonds is 3. The van der Waals surface area contributed by atoms with Crippen LogP contribution in [-0.2, 0) is 13.2 Å². The van der Waals surface area contributed by atoms with Gasteiger partial charge in [-0.3, -0.25) is 4.98 Å². The molecule has 1 aromatic carbocycles. The van der Waals surface area contributed by atoms with Crippen LogP contribution in [0, 0.1) is 0 Å². The smallest absolute Gasteiger partial charge is 0.225 e. The maximum atomic E-state index is 9.14. The Morgan fingerprint density at radius 2 is 2.00 bits per heavy atom. The average molecular weight is 201 g/mol. The van der Waals surface area contributed by atoms with Gasteiger partial charge in [-0.15, -0.1) is 0 Å². The molecule has 76 valence electrons. The Bertz CT molecular complexity index is 429. The number of aromatic nitrogens is 2. The summed E-state index contributed by atoms with van der Waals surface area (Å²) in [5, 5.41) is 9.14. The van der Waals surface area contributed by atoms with Gasteiger partial charge in [-0.1, -0.05) is 30.3 Å². The summed E-state index contributed by atoms with van der Waals surface area (Å²) in [6.07, 6.45) is 5.28. The van der Waals surface area contributed by atoms with Crippen LogP contribution in [0.2, 0.25) is 0 Å². The Hall–Kier alpha value is -1.74. The van der Waals surface area contributed by atoms with Crippen LogP contribution in [0.5, 0.6) is 0 Å². The molecule has 3 nitrogen and oxygen atoms in total. The van der Waals surface area contributed by atoms with E-state index >= 15 is 0 Å². The Balaban J connectivity index is 2.24. The number of benzene rings is 1. The van der Waals surface area contributed by atoms with E-state index in [1.165, 1.54) is 5.56 Å². The van der Waals surface area contributed by atoms with Crippen molar-refractivity contribution in [1.82, 2.24) is 4.98 Å². The van der Waals surface area contributed by atoms with Crippen LogP contribution in [0.3, 0.4) is 0 Å². The molecule has 15 heavy (non-hydrogen) atoms. The predicted molar refractivity (Wildman–Crippen MR) is 55.9 cm³/mol. The molecule has 0 atom stereocenters. The van der Waals surface area contributed by atoms with Gasteiger partial charge in [0.25, 0.3) is 0 Å². The first-order valence-corrected chi connectivity index (χ1v) is 4.87. The van der Waals surface area contributed by atoms with Crippen molar-refractivity contribution >= 4 is 0 Å². The van der Waals surface area contributed by atoms with E-state index in [-0.39, 0.29) is 6.61 Å². The van der Waals surface area contributed by atoms with Gasteiger partial charge in [-0.2, -0.15) is 4.57 Å². The van der Waals surface area contributed by atoms with Gasteiger partial charge in [-0.05, 0) is 0 Å². The fourth-order valence-electron chi connectivity index (χ4n) is 1.48. The van der Waals surface area contributed by atoms with E-state index in [1.54, 1.807) is 12.4 Å². The van der Waals surface area contributed by atoms with Crippen LogP contribution >= 0.6 is 0 Å². The van der Waals surface area contributed by atoms with Crippen molar-refractivity contribution in [2.75, 3.05) is 0 Å². The summed E-state index contributed by atoms with van der Waals surface area (Å²) in [6, 6.07) is 10.1. The maximum Gasteiger partial charge on any atom is 0.225 e. The SMILES string of the molecule is OCc1cncc[n+]1Cc1ccccc1. The van der Waals surface area contributed by atoms with Crippen molar-refractivity contribution in [3.05, 3.63) is 60.2 Å². The molecule has 0 saturated carbocycles. The van der Waals surface area contributed by atoms with Crippen LogP contribution in [-0.4, -0.2) is 10.1 Å². The minimum atomic E-state index is 0.0146. The summed E-state index contributed by atoms with van der Waals surface area (Å²) >= 11 is 0. The van der Waals surface area contributed by atoms with Gasteiger partial charge in [0.2, 0.25) is 5.69 Å². The number of hydrogen-bond acceptors (Lipinski definition) is 2. The molecule has 1 aromatic heterocycles. The summed E-state index contributed by atoms with van der Waals surface area (Å²) in [5.41, 5.74) is 2.03. The van der Waals surface area contributed by atoms with E-state index in [0.717, 1.165) is 12.2 Å². The van der Waals surface area contributed by atoms with Crippen molar-refractivity contribution in [3.63, 3.8) is 0 Å². The van der Waals surface area contributed by atoms with E-state index in [4.69, 9.17) is 5.11 Å². The van der Waals surface area contributed by atoms with Gasteiger partial charge in [0.05, 0.1) is 12.4 Å². The lowest BCUT2D eigenvalue weighted by atomic mass is 10.2. The topological polar surface area (TPSA) is 37.0 Å². The summed E-state index contributed by atoms with van der Waals surface area (Å²) in [5.74, 6) is 0. The summed E-state index contributed by atoms with van der Waals surface area (Å²) in [6.45, 7) is 0.778. The highest BCUT2D eigenvalue weighted by atomic mass is 16.3. The monoisotopic (exact) mass is 201 g/mol. The average Bonchev–Trinajstić information content (AvgIpc) is 2.31. The lowest BCUT2D eigenvalue weighted by Gasteiger charge is -2.00. The van der Waals surface area contributed by atoms with Crippen molar-refractivity contribution in [3.8, 4) is 0 Å². The lowest BCUT2D eigenvalue weighted by molar-refractivity contribution is -0.698. The van der Waals surface area contributed by atoms with E-state index in [2.05, 4.69) is 17.1 Å². The molecule has 0 aliphatic carbocycles. The van der Waals surface area contributed by atoms with Crippen molar-refractivity contribution in [1.29, 1.82) is 0 Å². The van der Waals surface area contributed by atoms with E-state index < -0.39 is 0 Å². The predicted octanol–water partition coefficient (Wildman–Crippen LogP) is 0.910. The second-order valence-corrected chi connectivity index (χ2v) is 3.34. The molecule has 2 aromatic rings. The number of aliphatic hydroxyl groups excluding tert-OH is 1. The third-order valence-corrected chi connectivity index (χ3v) is 2.28. The first kappa shape index (κ1) is 9.80. The van der Waals surface area contributed by atoms with Gasteiger partial charge in [-0.25, -0.2) is 0 Å². The number of aliphatic hydroxyl groups is 1. The zero-order valence-electron chi connectivity index (χ0n) is 8.37. The van der Waals surface area contributed by atoms with Gasteiger partial charge >= 0.3 is 0 Å². The van der Waals surface area contributed by atoms with E-state index in [9.17, 15) is 0 Å². The van der Waals surface area contributed by atoms with Gasteiger partial charge < -0.3 is 5.11 Å².